The van der Waals surface area contributed by atoms with Gasteiger partial charge in [0.25, 0.3) is 0 Å². The highest BCUT2D eigenvalue weighted by atomic mass is 16.4. The van der Waals surface area contributed by atoms with Crippen LogP contribution in [0.5, 0.6) is 0 Å². The van der Waals surface area contributed by atoms with Crippen molar-refractivity contribution in [3.05, 3.63) is 35.9 Å². The van der Waals surface area contributed by atoms with Crippen molar-refractivity contribution in [3.63, 3.8) is 0 Å². The lowest BCUT2D eigenvalue weighted by Gasteiger charge is -2.10. The van der Waals surface area contributed by atoms with Crippen LogP contribution in [-0.4, -0.2) is 16.9 Å². The van der Waals surface area contributed by atoms with Gasteiger partial charge >= 0.3 is 5.97 Å². The van der Waals surface area contributed by atoms with Gasteiger partial charge in [-0.2, -0.15) is 0 Å². The van der Waals surface area contributed by atoms with Crippen LogP contribution < -0.4 is 0 Å². The quantitative estimate of drug-likeness (QED) is 0.791. The summed E-state index contributed by atoms with van der Waals surface area (Å²) >= 11 is 0. The van der Waals surface area contributed by atoms with Gasteiger partial charge in [-0.15, -0.1) is 0 Å². The third-order valence-corrected chi connectivity index (χ3v) is 2.07. The summed E-state index contributed by atoms with van der Waals surface area (Å²) in [5, 5.41) is 8.64. The SMILES string of the molecule is CC(=O)[C@H](CC(=O)O)c1ccccc1. The third-order valence-electron chi connectivity index (χ3n) is 2.07. The maximum absolute atomic E-state index is 11.2. The van der Waals surface area contributed by atoms with E-state index in [1.54, 1.807) is 24.3 Å². The minimum atomic E-state index is -0.950. The van der Waals surface area contributed by atoms with Crippen LogP contribution in [0.25, 0.3) is 0 Å². The number of benzene rings is 1. The molecule has 0 saturated carbocycles. The van der Waals surface area contributed by atoms with Crippen LogP contribution in [-0.2, 0) is 9.59 Å². The number of rotatable bonds is 4. The Labute approximate surface area is 82.4 Å². The Bertz CT molecular complexity index is 330. The zero-order valence-corrected chi connectivity index (χ0v) is 7.93. The predicted octanol–water partition coefficient (Wildman–Crippen LogP) is 1.83. The van der Waals surface area contributed by atoms with Gasteiger partial charge in [-0.05, 0) is 12.5 Å². The van der Waals surface area contributed by atoms with Crippen LogP contribution in [0.2, 0.25) is 0 Å². The molecule has 14 heavy (non-hydrogen) atoms. The molecule has 0 heterocycles. The number of hydrogen-bond acceptors (Lipinski definition) is 2. The van der Waals surface area contributed by atoms with Gasteiger partial charge in [-0.1, -0.05) is 30.3 Å². The molecule has 1 N–H and O–H groups in total. The first-order valence-corrected chi connectivity index (χ1v) is 4.38. The lowest BCUT2D eigenvalue weighted by atomic mass is 9.92. The van der Waals surface area contributed by atoms with Crippen molar-refractivity contribution in [1.82, 2.24) is 0 Å². The molecule has 3 nitrogen and oxygen atoms in total. The highest BCUT2D eigenvalue weighted by molar-refractivity contribution is 5.87. The van der Waals surface area contributed by atoms with Gasteiger partial charge < -0.3 is 5.11 Å². The molecule has 1 atom stereocenters. The Morgan fingerprint density at radius 3 is 2.29 bits per heavy atom. The third kappa shape index (κ3) is 2.69. The first-order valence-electron chi connectivity index (χ1n) is 4.38. The fourth-order valence-corrected chi connectivity index (χ4v) is 1.36. The van der Waals surface area contributed by atoms with Crippen LogP contribution in [0, 0.1) is 0 Å². The van der Waals surface area contributed by atoms with Crippen LogP contribution in [0.1, 0.15) is 24.8 Å². The number of carbonyl (C=O) groups excluding carboxylic acids is 1. The zero-order valence-electron chi connectivity index (χ0n) is 7.93. The molecule has 0 fully saturated rings. The van der Waals surface area contributed by atoms with E-state index in [9.17, 15) is 9.59 Å². The number of hydrogen-bond donors (Lipinski definition) is 1. The molecule has 0 aliphatic carbocycles. The van der Waals surface area contributed by atoms with E-state index in [0.29, 0.717) is 0 Å². The van der Waals surface area contributed by atoms with E-state index in [0.717, 1.165) is 5.56 Å². The molecule has 1 rings (SSSR count). The standard InChI is InChI=1S/C11H12O3/c1-8(12)10(7-11(13)14)9-5-3-2-4-6-9/h2-6,10H,7H2,1H3,(H,13,14)/t10-/m0/s1. The summed E-state index contributed by atoms with van der Waals surface area (Å²) < 4.78 is 0. The molecule has 0 aliphatic heterocycles. The minimum absolute atomic E-state index is 0.112. The van der Waals surface area contributed by atoms with Gasteiger partial charge in [-0.25, -0.2) is 0 Å². The number of carboxylic acids is 1. The number of carboxylic acid groups (broad SMARTS) is 1. The number of ketones is 1. The molecule has 3 heteroatoms. The van der Waals surface area contributed by atoms with Gasteiger partial charge in [0, 0.05) is 0 Å². The van der Waals surface area contributed by atoms with E-state index in [4.69, 9.17) is 5.11 Å². The van der Waals surface area contributed by atoms with Gasteiger partial charge in [0.1, 0.15) is 5.78 Å². The maximum atomic E-state index is 11.2. The molecule has 0 radical (unpaired) electrons. The second-order valence-electron chi connectivity index (χ2n) is 3.17. The smallest absolute Gasteiger partial charge is 0.304 e. The largest absolute Gasteiger partial charge is 0.481 e. The summed E-state index contributed by atoms with van der Waals surface area (Å²) in [5.74, 6) is -1.58. The van der Waals surface area contributed by atoms with Gasteiger partial charge in [0.15, 0.2) is 0 Å². The van der Waals surface area contributed by atoms with Crippen LogP contribution in [0.4, 0.5) is 0 Å². The molecule has 0 saturated heterocycles. The Balaban J connectivity index is 2.89. The Morgan fingerprint density at radius 1 is 1.29 bits per heavy atom. The summed E-state index contributed by atoms with van der Waals surface area (Å²) in [5.41, 5.74) is 0.766. The predicted molar refractivity (Wildman–Crippen MR) is 52.1 cm³/mol. The van der Waals surface area contributed by atoms with Crippen LogP contribution in [0.15, 0.2) is 30.3 Å². The second-order valence-corrected chi connectivity index (χ2v) is 3.17. The molecule has 1 aromatic carbocycles. The van der Waals surface area contributed by atoms with Crippen molar-refractivity contribution >= 4 is 11.8 Å². The normalized spacial score (nSPS) is 12.1. The highest BCUT2D eigenvalue weighted by Crippen LogP contribution is 2.20. The fraction of sp³-hybridized carbons (Fsp3) is 0.273. The van der Waals surface area contributed by atoms with Crippen molar-refractivity contribution < 1.29 is 14.7 Å². The molecule has 0 bridgehead atoms. The van der Waals surface area contributed by atoms with E-state index in [-0.39, 0.29) is 12.2 Å². The fourth-order valence-electron chi connectivity index (χ4n) is 1.36. The van der Waals surface area contributed by atoms with E-state index < -0.39 is 11.9 Å². The van der Waals surface area contributed by atoms with E-state index in [1.807, 2.05) is 6.07 Å². The van der Waals surface area contributed by atoms with Crippen molar-refractivity contribution in [2.24, 2.45) is 0 Å². The lowest BCUT2D eigenvalue weighted by molar-refractivity contribution is -0.139. The molecule has 0 amide bonds. The Kier molecular flexibility index (Phi) is 3.40. The van der Waals surface area contributed by atoms with Crippen molar-refractivity contribution in [2.45, 2.75) is 19.3 Å². The maximum Gasteiger partial charge on any atom is 0.304 e. The van der Waals surface area contributed by atoms with E-state index in [2.05, 4.69) is 0 Å². The topological polar surface area (TPSA) is 54.4 Å². The van der Waals surface area contributed by atoms with Crippen molar-refractivity contribution in [3.8, 4) is 0 Å². The lowest BCUT2D eigenvalue weighted by Crippen LogP contribution is -2.13. The Morgan fingerprint density at radius 2 is 1.86 bits per heavy atom. The van der Waals surface area contributed by atoms with Crippen molar-refractivity contribution in [2.75, 3.05) is 0 Å². The zero-order chi connectivity index (χ0) is 10.6. The second kappa shape index (κ2) is 4.56. The minimum Gasteiger partial charge on any atom is -0.481 e. The highest BCUT2D eigenvalue weighted by Gasteiger charge is 2.19. The van der Waals surface area contributed by atoms with Gasteiger partial charge in [-0.3, -0.25) is 9.59 Å². The van der Waals surface area contributed by atoms with Crippen LogP contribution >= 0.6 is 0 Å². The molecule has 0 spiro atoms. The summed E-state index contributed by atoms with van der Waals surface area (Å²) in [7, 11) is 0. The summed E-state index contributed by atoms with van der Waals surface area (Å²) in [6.45, 7) is 1.42. The molecule has 1 aromatic rings. The molecule has 0 unspecified atom stereocenters. The van der Waals surface area contributed by atoms with Crippen molar-refractivity contribution in [1.29, 1.82) is 0 Å². The van der Waals surface area contributed by atoms with Gasteiger partial charge in [0.05, 0.1) is 12.3 Å². The molecule has 74 valence electrons. The molecular formula is C11H12O3. The van der Waals surface area contributed by atoms with Gasteiger partial charge in [0.2, 0.25) is 0 Å². The van der Waals surface area contributed by atoms with E-state index in [1.165, 1.54) is 6.92 Å². The monoisotopic (exact) mass is 192 g/mol. The average molecular weight is 192 g/mol. The average Bonchev–Trinajstić information content (AvgIpc) is 2.15. The Hall–Kier alpha value is -1.64. The number of aliphatic carboxylic acids is 1. The summed E-state index contributed by atoms with van der Waals surface area (Å²) in [6.07, 6.45) is -0.140. The molecular weight excluding hydrogens is 180 g/mol. The molecule has 0 aromatic heterocycles. The number of Topliss-reactive ketones (excluding diaryl/α,β-unsaturated/α-hetero) is 1. The van der Waals surface area contributed by atoms with Crippen LogP contribution in [0.3, 0.4) is 0 Å². The van der Waals surface area contributed by atoms with E-state index >= 15 is 0 Å². The first kappa shape index (κ1) is 10.4. The first-order chi connectivity index (χ1) is 6.61. The number of carbonyl (C=O) groups is 2. The summed E-state index contributed by atoms with van der Waals surface area (Å²) in [6, 6.07) is 8.98. The summed E-state index contributed by atoms with van der Waals surface area (Å²) in [4.78, 5) is 21.8. The molecule has 0 aliphatic rings.